The molecule has 0 saturated heterocycles. The molecular formula is C16H16FNO3. The molecule has 5 heteroatoms. The van der Waals surface area contributed by atoms with Gasteiger partial charge in [-0.3, -0.25) is 10.1 Å². The number of benzene rings is 2. The van der Waals surface area contributed by atoms with Gasteiger partial charge in [-0.25, -0.2) is 4.39 Å². The van der Waals surface area contributed by atoms with E-state index in [1.165, 1.54) is 12.1 Å². The molecule has 0 radical (unpaired) electrons. The average molecular weight is 289 g/mol. The van der Waals surface area contributed by atoms with Crippen LogP contribution in [0.5, 0.6) is 0 Å². The van der Waals surface area contributed by atoms with Crippen molar-refractivity contribution in [3.63, 3.8) is 0 Å². The molecule has 0 aliphatic rings. The summed E-state index contributed by atoms with van der Waals surface area (Å²) >= 11 is 0. The maximum atomic E-state index is 13.4. The summed E-state index contributed by atoms with van der Waals surface area (Å²) in [5, 5.41) is 21.0. The monoisotopic (exact) mass is 289 g/mol. The lowest BCUT2D eigenvalue weighted by molar-refractivity contribution is -0.385. The first-order valence-corrected chi connectivity index (χ1v) is 6.64. The maximum Gasteiger partial charge on any atom is 0.272 e. The highest BCUT2D eigenvalue weighted by Gasteiger charge is 2.18. The van der Waals surface area contributed by atoms with Crippen LogP contribution in [-0.4, -0.2) is 10.0 Å². The highest BCUT2D eigenvalue weighted by molar-refractivity contribution is 5.35. The normalized spacial score (nSPS) is 13.7. The van der Waals surface area contributed by atoms with Gasteiger partial charge in [-0.15, -0.1) is 0 Å². The lowest BCUT2D eigenvalue weighted by Crippen LogP contribution is -2.12. The van der Waals surface area contributed by atoms with Crippen molar-refractivity contribution in [2.24, 2.45) is 5.92 Å². The van der Waals surface area contributed by atoms with Crippen LogP contribution in [0.1, 0.15) is 24.2 Å². The van der Waals surface area contributed by atoms with Gasteiger partial charge in [0.15, 0.2) is 0 Å². The van der Waals surface area contributed by atoms with Crippen LogP contribution in [0.25, 0.3) is 0 Å². The van der Waals surface area contributed by atoms with Gasteiger partial charge in [-0.1, -0.05) is 37.3 Å². The Kier molecular flexibility index (Phi) is 4.65. The number of hydrogen-bond acceptors (Lipinski definition) is 3. The molecule has 0 aromatic heterocycles. The van der Waals surface area contributed by atoms with E-state index in [2.05, 4.69) is 0 Å². The number of hydrogen-bond donors (Lipinski definition) is 1. The summed E-state index contributed by atoms with van der Waals surface area (Å²) in [5.74, 6) is -0.825. The number of rotatable bonds is 5. The van der Waals surface area contributed by atoms with E-state index in [0.717, 1.165) is 11.6 Å². The zero-order valence-electron chi connectivity index (χ0n) is 11.6. The molecular weight excluding hydrogens is 273 g/mol. The SMILES string of the molecule is CC(Cc1cc(F)cc([N+](=O)[O-])c1)C(O)c1ccccc1. The summed E-state index contributed by atoms with van der Waals surface area (Å²) in [7, 11) is 0. The molecule has 21 heavy (non-hydrogen) atoms. The molecule has 4 nitrogen and oxygen atoms in total. The third kappa shape index (κ3) is 3.86. The average Bonchev–Trinajstić information content (AvgIpc) is 2.46. The highest BCUT2D eigenvalue weighted by Crippen LogP contribution is 2.26. The van der Waals surface area contributed by atoms with Gasteiger partial charge in [0.25, 0.3) is 5.69 Å². The fourth-order valence-corrected chi connectivity index (χ4v) is 2.32. The lowest BCUT2D eigenvalue weighted by atomic mass is 9.91. The molecule has 0 aliphatic heterocycles. The van der Waals surface area contributed by atoms with Crippen LogP contribution in [0.15, 0.2) is 48.5 Å². The Morgan fingerprint density at radius 1 is 1.24 bits per heavy atom. The number of nitro groups is 1. The molecule has 2 aromatic rings. The minimum Gasteiger partial charge on any atom is -0.388 e. The molecule has 0 heterocycles. The third-order valence-electron chi connectivity index (χ3n) is 3.39. The molecule has 0 fully saturated rings. The first-order chi connectivity index (χ1) is 9.97. The molecule has 110 valence electrons. The minimum atomic E-state index is -0.700. The van der Waals surface area contributed by atoms with Crippen LogP contribution in [0.4, 0.5) is 10.1 Å². The molecule has 1 N–H and O–H groups in total. The van der Waals surface area contributed by atoms with E-state index in [0.29, 0.717) is 12.0 Å². The third-order valence-corrected chi connectivity index (χ3v) is 3.39. The Balaban J connectivity index is 2.16. The van der Waals surface area contributed by atoms with Gasteiger partial charge in [0.05, 0.1) is 17.1 Å². The number of non-ortho nitro benzene ring substituents is 1. The number of aliphatic hydroxyl groups is 1. The Labute approximate surface area is 122 Å². The highest BCUT2D eigenvalue weighted by atomic mass is 19.1. The quantitative estimate of drug-likeness (QED) is 0.675. The summed E-state index contributed by atoms with van der Waals surface area (Å²) in [6.07, 6.45) is -0.345. The van der Waals surface area contributed by atoms with E-state index in [1.54, 1.807) is 0 Å². The number of nitrogens with zero attached hydrogens (tertiary/aromatic N) is 1. The van der Waals surface area contributed by atoms with Gasteiger partial charge in [0, 0.05) is 6.07 Å². The summed E-state index contributed by atoms with van der Waals surface area (Å²) in [5.41, 5.74) is 1.01. The van der Waals surface area contributed by atoms with E-state index >= 15 is 0 Å². The molecule has 0 aliphatic carbocycles. The van der Waals surface area contributed by atoms with Crippen LogP contribution < -0.4 is 0 Å². The van der Waals surface area contributed by atoms with Crippen molar-refractivity contribution in [2.75, 3.05) is 0 Å². The molecule has 2 atom stereocenters. The van der Waals surface area contributed by atoms with Crippen molar-refractivity contribution in [3.05, 3.63) is 75.6 Å². The van der Waals surface area contributed by atoms with Gasteiger partial charge in [0.2, 0.25) is 0 Å². The lowest BCUT2D eigenvalue weighted by Gasteiger charge is -2.19. The first kappa shape index (κ1) is 15.1. The maximum absolute atomic E-state index is 13.4. The van der Waals surface area contributed by atoms with Gasteiger partial charge in [-0.2, -0.15) is 0 Å². The van der Waals surface area contributed by atoms with Crippen LogP contribution >= 0.6 is 0 Å². The Morgan fingerprint density at radius 3 is 2.52 bits per heavy atom. The molecule has 2 unspecified atom stereocenters. The van der Waals surface area contributed by atoms with E-state index in [4.69, 9.17) is 0 Å². The first-order valence-electron chi connectivity index (χ1n) is 6.64. The molecule has 2 aromatic carbocycles. The van der Waals surface area contributed by atoms with E-state index in [-0.39, 0.29) is 11.6 Å². The van der Waals surface area contributed by atoms with Gasteiger partial charge in [-0.05, 0) is 29.5 Å². The molecule has 2 rings (SSSR count). The predicted molar refractivity (Wildman–Crippen MR) is 77.3 cm³/mol. The topological polar surface area (TPSA) is 63.4 Å². The number of halogens is 1. The standard InChI is InChI=1S/C16H16FNO3/c1-11(16(19)13-5-3-2-4-6-13)7-12-8-14(17)10-15(9-12)18(20)21/h2-6,8-11,16,19H,7H2,1H3. The van der Waals surface area contributed by atoms with E-state index in [9.17, 15) is 19.6 Å². The minimum absolute atomic E-state index is 0.186. The fourth-order valence-electron chi connectivity index (χ4n) is 2.32. The Bertz CT molecular complexity index is 631. The summed E-state index contributed by atoms with van der Waals surface area (Å²) < 4.78 is 13.4. The van der Waals surface area contributed by atoms with E-state index in [1.807, 2.05) is 37.3 Å². The van der Waals surface area contributed by atoms with Crippen molar-refractivity contribution in [3.8, 4) is 0 Å². The Morgan fingerprint density at radius 2 is 1.90 bits per heavy atom. The van der Waals surface area contributed by atoms with Crippen molar-refractivity contribution < 1.29 is 14.4 Å². The second-order valence-electron chi connectivity index (χ2n) is 5.11. The fraction of sp³-hybridized carbons (Fsp3) is 0.250. The zero-order valence-corrected chi connectivity index (χ0v) is 11.6. The van der Waals surface area contributed by atoms with Crippen molar-refractivity contribution in [2.45, 2.75) is 19.4 Å². The predicted octanol–water partition coefficient (Wildman–Crippen LogP) is 3.65. The summed E-state index contributed by atoms with van der Waals surface area (Å²) in [4.78, 5) is 10.1. The smallest absolute Gasteiger partial charge is 0.272 e. The van der Waals surface area contributed by atoms with Gasteiger partial charge >= 0.3 is 0 Å². The van der Waals surface area contributed by atoms with Crippen molar-refractivity contribution in [1.82, 2.24) is 0 Å². The molecule has 0 saturated carbocycles. The summed E-state index contributed by atoms with van der Waals surface area (Å²) in [6, 6.07) is 12.7. The molecule has 0 spiro atoms. The Hall–Kier alpha value is -2.27. The largest absolute Gasteiger partial charge is 0.388 e. The van der Waals surface area contributed by atoms with Gasteiger partial charge < -0.3 is 5.11 Å². The second kappa shape index (κ2) is 6.45. The molecule has 0 bridgehead atoms. The van der Waals surface area contributed by atoms with Crippen LogP contribution in [0.2, 0.25) is 0 Å². The number of nitro benzene ring substituents is 1. The van der Waals surface area contributed by atoms with Crippen molar-refractivity contribution >= 4 is 5.69 Å². The second-order valence-corrected chi connectivity index (χ2v) is 5.11. The molecule has 0 amide bonds. The van der Waals surface area contributed by atoms with Crippen LogP contribution in [0.3, 0.4) is 0 Å². The van der Waals surface area contributed by atoms with Gasteiger partial charge in [0.1, 0.15) is 5.82 Å². The van der Waals surface area contributed by atoms with Crippen molar-refractivity contribution in [1.29, 1.82) is 0 Å². The van der Waals surface area contributed by atoms with Crippen LogP contribution in [0, 0.1) is 21.8 Å². The summed E-state index contributed by atoms with van der Waals surface area (Å²) in [6.45, 7) is 1.83. The zero-order chi connectivity index (χ0) is 15.4. The van der Waals surface area contributed by atoms with Crippen LogP contribution in [-0.2, 0) is 6.42 Å². The number of aliphatic hydroxyl groups excluding tert-OH is 1. The van der Waals surface area contributed by atoms with E-state index < -0.39 is 16.8 Å².